The van der Waals surface area contributed by atoms with Crippen LogP contribution in [0.4, 0.5) is 5.69 Å². The molecule has 3 rings (SSSR count). The molecule has 1 heterocycles. The lowest BCUT2D eigenvalue weighted by atomic mass is 9.91. The van der Waals surface area contributed by atoms with E-state index >= 15 is 0 Å². The van der Waals surface area contributed by atoms with Gasteiger partial charge in [-0.05, 0) is 54.4 Å². The zero-order valence-electron chi connectivity index (χ0n) is 13.8. The van der Waals surface area contributed by atoms with E-state index in [1.54, 1.807) is 0 Å². The molecule has 0 unspecified atom stereocenters. The molecule has 2 aromatic carbocycles. The minimum Gasteiger partial charge on any atom is -0.371 e. The van der Waals surface area contributed by atoms with Crippen LogP contribution in [0.2, 0.25) is 0 Å². The minimum atomic E-state index is 0.807. The predicted molar refractivity (Wildman–Crippen MR) is 95.5 cm³/mol. The summed E-state index contributed by atoms with van der Waals surface area (Å²) in [7, 11) is 0. The van der Waals surface area contributed by atoms with Crippen LogP contribution in [0.15, 0.2) is 54.6 Å². The maximum atomic E-state index is 2.56. The molecule has 1 aliphatic heterocycles. The molecular weight excluding hydrogens is 266 g/mol. The Hall–Kier alpha value is -1.76. The molecule has 116 valence electrons. The number of piperidine rings is 1. The Bertz CT molecular complexity index is 563. The van der Waals surface area contributed by atoms with Crippen LogP contribution in [0, 0.1) is 11.8 Å². The Kier molecular flexibility index (Phi) is 4.82. The second-order valence-electron chi connectivity index (χ2n) is 7.00. The first kappa shape index (κ1) is 15.1. The van der Waals surface area contributed by atoms with Crippen LogP contribution < -0.4 is 4.90 Å². The lowest BCUT2D eigenvalue weighted by Gasteiger charge is -2.36. The van der Waals surface area contributed by atoms with E-state index in [-0.39, 0.29) is 0 Å². The average Bonchev–Trinajstić information content (AvgIpc) is 2.53. The highest BCUT2D eigenvalue weighted by Gasteiger charge is 2.21. The summed E-state index contributed by atoms with van der Waals surface area (Å²) in [5.74, 6) is 1.61. The molecular formula is C21H27N. The highest BCUT2D eigenvalue weighted by atomic mass is 15.1. The number of benzene rings is 2. The van der Waals surface area contributed by atoms with Crippen LogP contribution in [0.3, 0.4) is 0 Å². The molecule has 0 spiro atoms. The summed E-state index contributed by atoms with van der Waals surface area (Å²) < 4.78 is 0. The molecule has 0 amide bonds. The third kappa shape index (κ3) is 3.91. The van der Waals surface area contributed by atoms with Crippen LogP contribution in [0.5, 0.6) is 0 Å². The van der Waals surface area contributed by atoms with Gasteiger partial charge < -0.3 is 4.90 Å². The van der Waals surface area contributed by atoms with E-state index in [0.29, 0.717) is 0 Å². The molecule has 0 aliphatic carbocycles. The number of hydrogen-bond acceptors (Lipinski definition) is 1. The summed E-state index contributed by atoms with van der Waals surface area (Å²) in [6.07, 6.45) is 3.61. The summed E-state index contributed by atoms with van der Waals surface area (Å²) in [6, 6.07) is 20.0. The van der Waals surface area contributed by atoms with E-state index in [0.717, 1.165) is 24.7 Å². The molecule has 0 saturated carbocycles. The van der Waals surface area contributed by atoms with Gasteiger partial charge in [0.2, 0.25) is 0 Å². The van der Waals surface area contributed by atoms with E-state index in [9.17, 15) is 0 Å². The first-order valence-electron chi connectivity index (χ1n) is 8.58. The van der Waals surface area contributed by atoms with Gasteiger partial charge in [-0.2, -0.15) is 0 Å². The van der Waals surface area contributed by atoms with Crippen molar-refractivity contribution in [2.24, 2.45) is 11.8 Å². The molecule has 0 bridgehead atoms. The SMILES string of the molecule is C[C@@H]1C[C@H](C)CN(c2ccc(CCc3ccccc3)cc2)C1. The fraction of sp³-hybridized carbons (Fsp3) is 0.429. The van der Waals surface area contributed by atoms with Crippen molar-refractivity contribution in [1.29, 1.82) is 0 Å². The maximum Gasteiger partial charge on any atom is 0.0366 e. The quantitative estimate of drug-likeness (QED) is 0.770. The van der Waals surface area contributed by atoms with Crippen LogP contribution >= 0.6 is 0 Å². The number of rotatable bonds is 4. The van der Waals surface area contributed by atoms with Crippen molar-refractivity contribution in [3.05, 3.63) is 65.7 Å². The van der Waals surface area contributed by atoms with E-state index in [4.69, 9.17) is 0 Å². The molecule has 0 N–H and O–H groups in total. The summed E-state index contributed by atoms with van der Waals surface area (Å²) in [5, 5.41) is 0. The molecule has 2 aromatic rings. The zero-order valence-corrected chi connectivity index (χ0v) is 13.8. The second-order valence-corrected chi connectivity index (χ2v) is 7.00. The minimum absolute atomic E-state index is 0.807. The normalized spacial score (nSPS) is 21.8. The second kappa shape index (κ2) is 7.00. The van der Waals surface area contributed by atoms with Crippen molar-refractivity contribution in [3.8, 4) is 0 Å². The fourth-order valence-corrected chi connectivity index (χ4v) is 3.68. The molecule has 1 nitrogen and oxygen atoms in total. The van der Waals surface area contributed by atoms with Crippen molar-refractivity contribution in [2.45, 2.75) is 33.1 Å². The molecule has 1 aliphatic rings. The number of nitrogens with zero attached hydrogens (tertiary/aromatic N) is 1. The summed E-state index contributed by atoms with van der Waals surface area (Å²) in [5.41, 5.74) is 4.25. The zero-order chi connectivity index (χ0) is 15.4. The largest absolute Gasteiger partial charge is 0.371 e. The predicted octanol–water partition coefficient (Wildman–Crippen LogP) is 4.95. The van der Waals surface area contributed by atoms with Gasteiger partial charge in [0.25, 0.3) is 0 Å². The van der Waals surface area contributed by atoms with Crippen molar-refractivity contribution >= 4 is 5.69 Å². The van der Waals surface area contributed by atoms with E-state index in [1.807, 2.05) is 0 Å². The summed E-state index contributed by atoms with van der Waals surface area (Å²) >= 11 is 0. The molecule has 0 aromatic heterocycles. The molecule has 1 saturated heterocycles. The maximum absolute atomic E-state index is 2.56. The highest BCUT2D eigenvalue weighted by Crippen LogP contribution is 2.26. The lowest BCUT2D eigenvalue weighted by molar-refractivity contribution is 0.357. The van der Waals surface area contributed by atoms with E-state index in [2.05, 4.69) is 73.3 Å². The molecule has 0 radical (unpaired) electrons. The van der Waals surface area contributed by atoms with Gasteiger partial charge in [0.05, 0.1) is 0 Å². The van der Waals surface area contributed by atoms with Crippen LogP contribution in [-0.2, 0) is 12.8 Å². The van der Waals surface area contributed by atoms with Crippen molar-refractivity contribution in [3.63, 3.8) is 0 Å². The van der Waals surface area contributed by atoms with Gasteiger partial charge in [0.1, 0.15) is 0 Å². The monoisotopic (exact) mass is 293 g/mol. The lowest BCUT2D eigenvalue weighted by Crippen LogP contribution is -2.38. The van der Waals surface area contributed by atoms with Crippen molar-refractivity contribution in [1.82, 2.24) is 0 Å². The first-order valence-corrected chi connectivity index (χ1v) is 8.58. The number of anilines is 1. The van der Waals surface area contributed by atoms with Crippen LogP contribution in [-0.4, -0.2) is 13.1 Å². The molecule has 2 atom stereocenters. The third-order valence-corrected chi connectivity index (χ3v) is 4.72. The Morgan fingerprint density at radius 1 is 0.773 bits per heavy atom. The molecule has 1 fully saturated rings. The smallest absolute Gasteiger partial charge is 0.0366 e. The van der Waals surface area contributed by atoms with Gasteiger partial charge in [-0.25, -0.2) is 0 Å². The third-order valence-electron chi connectivity index (χ3n) is 4.72. The number of hydrogen-bond donors (Lipinski definition) is 0. The van der Waals surface area contributed by atoms with E-state index < -0.39 is 0 Å². The Morgan fingerprint density at radius 3 is 1.91 bits per heavy atom. The van der Waals surface area contributed by atoms with Gasteiger partial charge in [0, 0.05) is 18.8 Å². The first-order chi connectivity index (χ1) is 10.7. The van der Waals surface area contributed by atoms with E-state index in [1.165, 1.54) is 36.3 Å². The van der Waals surface area contributed by atoms with Gasteiger partial charge >= 0.3 is 0 Å². The van der Waals surface area contributed by atoms with Crippen molar-refractivity contribution in [2.75, 3.05) is 18.0 Å². The van der Waals surface area contributed by atoms with Gasteiger partial charge in [-0.1, -0.05) is 56.3 Å². The Balaban J connectivity index is 1.60. The molecule has 1 heteroatoms. The van der Waals surface area contributed by atoms with Crippen LogP contribution in [0.25, 0.3) is 0 Å². The van der Waals surface area contributed by atoms with Crippen LogP contribution in [0.1, 0.15) is 31.4 Å². The standard InChI is InChI=1S/C21H27N/c1-17-14-18(2)16-22(15-17)21-12-10-20(11-13-21)9-8-19-6-4-3-5-7-19/h3-7,10-13,17-18H,8-9,14-16H2,1-2H3/t17-,18+. The average molecular weight is 293 g/mol. The molecule has 22 heavy (non-hydrogen) atoms. The topological polar surface area (TPSA) is 3.24 Å². The van der Waals surface area contributed by atoms with Gasteiger partial charge in [-0.3, -0.25) is 0 Å². The number of aryl methyl sites for hydroxylation is 2. The van der Waals surface area contributed by atoms with Gasteiger partial charge in [0.15, 0.2) is 0 Å². The Morgan fingerprint density at radius 2 is 1.32 bits per heavy atom. The fourth-order valence-electron chi connectivity index (χ4n) is 3.68. The van der Waals surface area contributed by atoms with Crippen molar-refractivity contribution < 1.29 is 0 Å². The highest BCUT2D eigenvalue weighted by molar-refractivity contribution is 5.48. The van der Waals surface area contributed by atoms with Gasteiger partial charge in [-0.15, -0.1) is 0 Å². The summed E-state index contributed by atoms with van der Waals surface area (Å²) in [6.45, 7) is 7.15. The Labute approximate surface area is 135 Å². The summed E-state index contributed by atoms with van der Waals surface area (Å²) in [4.78, 5) is 2.56.